The number of fused-ring (bicyclic) bond motifs is 2. The summed E-state index contributed by atoms with van der Waals surface area (Å²) < 4.78 is 36.2. The largest absolute Gasteiger partial charge is 0.401 e. The Morgan fingerprint density at radius 1 is 1.09 bits per heavy atom. The Morgan fingerprint density at radius 2 is 1.82 bits per heavy atom. The number of hydrogen-bond acceptors (Lipinski definition) is 3. The van der Waals surface area contributed by atoms with E-state index in [-0.39, 0.29) is 12.5 Å². The van der Waals surface area contributed by atoms with Crippen molar-refractivity contribution in [3.05, 3.63) is 0 Å². The van der Waals surface area contributed by atoms with Gasteiger partial charge in [-0.15, -0.1) is 0 Å². The van der Waals surface area contributed by atoms with Crippen LogP contribution in [0.2, 0.25) is 0 Å². The summed E-state index contributed by atoms with van der Waals surface area (Å²) >= 11 is 0. The molecule has 3 rings (SSSR count). The summed E-state index contributed by atoms with van der Waals surface area (Å²) in [5.74, 6) is 1.51. The van der Waals surface area contributed by atoms with E-state index in [0.29, 0.717) is 19.1 Å². The third-order valence-corrected chi connectivity index (χ3v) is 5.44. The van der Waals surface area contributed by atoms with Crippen LogP contribution in [0.15, 0.2) is 0 Å². The van der Waals surface area contributed by atoms with E-state index in [0.717, 1.165) is 24.9 Å². The van der Waals surface area contributed by atoms with Crippen LogP contribution in [0.4, 0.5) is 13.2 Å². The van der Waals surface area contributed by atoms with E-state index >= 15 is 0 Å². The van der Waals surface area contributed by atoms with Gasteiger partial charge in [0.15, 0.2) is 0 Å². The molecule has 2 bridgehead atoms. The number of nitrogens with zero attached hydrogens (tertiary/aromatic N) is 2. The molecule has 2 saturated carbocycles. The maximum Gasteiger partial charge on any atom is 0.401 e. The highest BCUT2D eigenvalue weighted by Gasteiger charge is 2.42. The second kappa shape index (κ2) is 6.35. The van der Waals surface area contributed by atoms with Gasteiger partial charge in [-0.2, -0.15) is 13.2 Å². The van der Waals surface area contributed by atoms with Gasteiger partial charge in [-0.3, -0.25) is 9.69 Å². The Kier molecular flexibility index (Phi) is 4.64. The molecule has 0 aromatic carbocycles. The minimum absolute atomic E-state index is 0.225. The van der Waals surface area contributed by atoms with Crippen LogP contribution in [0.3, 0.4) is 0 Å². The van der Waals surface area contributed by atoms with Gasteiger partial charge in [-0.25, -0.2) is 0 Å². The van der Waals surface area contributed by atoms with Crippen molar-refractivity contribution < 1.29 is 18.0 Å². The van der Waals surface area contributed by atoms with Crippen molar-refractivity contribution >= 4 is 5.91 Å². The Hall–Kier alpha value is -0.820. The second-order valence-corrected chi connectivity index (χ2v) is 6.88. The van der Waals surface area contributed by atoms with Crippen LogP contribution in [0, 0.1) is 11.8 Å². The van der Waals surface area contributed by atoms with Crippen LogP contribution in [0.1, 0.15) is 25.7 Å². The molecular formula is C15H24F3N3O. The van der Waals surface area contributed by atoms with Crippen molar-refractivity contribution in [3.8, 4) is 0 Å². The molecule has 22 heavy (non-hydrogen) atoms. The summed E-state index contributed by atoms with van der Waals surface area (Å²) in [5.41, 5.74) is 0. The van der Waals surface area contributed by atoms with Gasteiger partial charge in [0.1, 0.15) is 0 Å². The molecule has 0 radical (unpaired) electrons. The predicted molar refractivity (Wildman–Crippen MR) is 76.3 cm³/mol. The molecule has 1 N–H and O–H groups in total. The van der Waals surface area contributed by atoms with Crippen LogP contribution in [0.25, 0.3) is 0 Å². The van der Waals surface area contributed by atoms with Gasteiger partial charge >= 0.3 is 6.18 Å². The number of carbonyl (C=O) groups is 1. The number of hydrogen-bond donors (Lipinski definition) is 1. The number of carbonyl (C=O) groups excluding carboxylic acids is 1. The number of alkyl halides is 3. The SMILES string of the molecule is O=C(CNCC(F)(F)F)N1CCN([C@H]2C[C@H]3CC[C@H]2C3)CC1. The zero-order valence-electron chi connectivity index (χ0n) is 12.7. The minimum Gasteiger partial charge on any atom is -0.339 e. The number of nitrogens with one attached hydrogen (secondary N) is 1. The van der Waals surface area contributed by atoms with Gasteiger partial charge in [0.2, 0.25) is 5.91 Å². The molecule has 3 atom stereocenters. The average Bonchev–Trinajstić information content (AvgIpc) is 3.08. The van der Waals surface area contributed by atoms with Crippen molar-refractivity contribution in [2.45, 2.75) is 37.9 Å². The highest BCUT2D eigenvalue weighted by atomic mass is 19.4. The Bertz CT molecular complexity index is 407. The monoisotopic (exact) mass is 319 g/mol. The van der Waals surface area contributed by atoms with Gasteiger partial charge in [-0.1, -0.05) is 6.42 Å². The van der Waals surface area contributed by atoms with Crippen LogP contribution >= 0.6 is 0 Å². The molecule has 0 aromatic rings. The lowest BCUT2D eigenvalue weighted by Gasteiger charge is -2.41. The lowest BCUT2D eigenvalue weighted by Crippen LogP contribution is -2.54. The van der Waals surface area contributed by atoms with Gasteiger partial charge in [0.25, 0.3) is 0 Å². The van der Waals surface area contributed by atoms with E-state index in [1.807, 2.05) is 0 Å². The van der Waals surface area contributed by atoms with Gasteiger partial charge in [0, 0.05) is 32.2 Å². The summed E-state index contributed by atoms with van der Waals surface area (Å²) in [7, 11) is 0. The molecule has 0 spiro atoms. The summed E-state index contributed by atoms with van der Waals surface area (Å²) in [6, 6.07) is 0.680. The maximum absolute atomic E-state index is 12.1. The van der Waals surface area contributed by atoms with Crippen LogP contribution < -0.4 is 5.32 Å². The minimum atomic E-state index is -4.26. The van der Waals surface area contributed by atoms with E-state index in [1.54, 1.807) is 4.90 Å². The van der Waals surface area contributed by atoms with Crippen LogP contribution in [-0.4, -0.2) is 67.2 Å². The first-order valence-electron chi connectivity index (χ1n) is 8.21. The van der Waals surface area contributed by atoms with E-state index in [4.69, 9.17) is 0 Å². The van der Waals surface area contributed by atoms with Crippen molar-refractivity contribution in [2.24, 2.45) is 11.8 Å². The molecule has 3 fully saturated rings. The predicted octanol–water partition coefficient (Wildman–Crippen LogP) is 1.47. The third-order valence-electron chi connectivity index (χ3n) is 5.44. The average molecular weight is 319 g/mol. The molecule has 0 aromatic heterocycles. The molecule has 1 saturated heterocycles. The molecule has 0 unspecified atom stereocenters. The fourth-order valence-corrected chi connectivity index (χ4v) is 4.38. The third kappa shape index (κ3) is 3.74. The van der Waals surface area contributed by atoms with Crippen molar-refractivity contribution in [1.82, 2.24) is 15.1 Å². The number of piperazine rings is 1. The summed E-state index contributed by atoms with van der Waals surface area (Å²) in [5, 5.41) is 2.18. The van der Waals surface area contributed by atoms with Crippen molar-refractivity contribution in [2.75, 3.05) is 39.3 Å². The van der Waals surface area contributed by atoms with Crippen molar-refractivity contribution in [3.63, 3.8) is 0 Å². The van der Waals surface area contributed by atoms with Gasteiger partial charge in [0.05, 0.1) is 13.1 Å². The summed E-state index contributed by atoms with van der Waals surface area (Å²) in [6.45, 7) is 1.66. The zero-order chi connectivity index (χ0) is 15.7. The molecular weight excluding hydrogens is 295 g/mol. The topological polar surface area (TPSA) is 35.6 Å². The summed E-state index contributed by atoms with van der Waals surface area (Å²) in [6.07, 6.45) is 1.12. The molecule has 1 aliphatic heterocycles. The first-order valence-corrected chi connectivity index (χ1v) is 8.21. The lowest BCUT2D eigenvalue weighted by molar-refractivity contribution is -0.136. The Morgan fingerprint density at radius 3 is 2.36 bits per heavy atom. The molecule has 1 heterocycles. The smallest absolute Gasteiger partial charge is 0.339 e. The second-order valence-electron chi connectivity index (χ2n) is 6.88. The standard InChI is InChI=1S/C15H24F3N3O/c16-15(17,18)10-19-9-14(22)21-5-3-20(4-6-21)13-8-11-1-2-12(13)7-11/h11-13,19H,1-10H2/t11-,12-,13-/m0/s1. The van der Waals surface area contributed by atoms with E-state index < -0.39 is 12.7 Å². The maximum atomic E-state index is 12.1. The quantitative estimate of drug-likeness (QED) is 0.852. The molecule has 1 amide bonds. The first kappa shape index (κ1) is 16.1. The normalized spacial score (nSPS) is 32.7. The Balaban J connectivity index is 1.39. The highest BCUT2D eigenvalue weighted by Crippen LogP contribution is 2.46. The zero-order valence-corrected chi connectivity index (χ0v) is 12.7. The summed E-state index contributed by atoms with van der Waals surface area (Å²) in [4.78, 5) is 16.1. The number of amides is 1. The first-order chi connectivity index (χ1) is 10.4. The van der Waals surface area contributed by atoms with E-state index in [1.165, 1.54) is 25.7 Å². The molecule has 2 aliphatic carbocycles. The number of halogens is 3. The fourth-order valence-electron chi connectivity index (χ4n) is 4.38. The van der Waals surface area contributed by atoms with E-state index in [9.17, 15) is 18.0 Å². The number of rotatable bonds is 4. The fraction of sp³-hybridized carbons (Fsp3) is 0.933. The van der Waals surface area contributed by atoms with Gasteiger partial charge in [-0.05, 0) is 31.1 Å². The van der Waals surface area contributed by atoms with Crippen molar-refractivity contribution in [1.29, 1.82) is 0 Å². The lowest BCUT2D eigenvalue weighted by atomic mass is 9.93. The molecule has 126 valence electrons. The molecule has 7 heteroatoms. The Labute approximate surface area is 129 Å². The van der Waals surface area contributed by atoms with Crippen LogP contribution in [0.5, 0.6) is 0 Å². The molecule has 3 aliphatic rings. The van der Waals surface area contributed by atoms with E-state index in [2.05, 4.69) is 10.2 Å². The van der Waals surface area contributed by atoms with Crippen LogP contribution in [-0.2, 0) is 4.79 Å². The highest BCUT2D eigenvalue weighted by molar-refractivity contribution is 5.78. The molecule has 4 nitrogen and oxygen atoms in total. The van der Waals surface area contributed by atoms with Gasteiger partial charge < -0.3 is 10.2 Å².